The minimum atomic E-state index is -1.43. The molecular weight excluding hydrogens is 585 g/mol. The maximum absolute atomic E-state index is 13.2. The Hall–Kier alpha value is -3.23. The molecule has 13 nitrogen and oxygen atoms in total. The molecule has 1 saturated heterocycles. The Labute approximate surface area is 244 Å². The van der Waals surface area contributed by atoms with Crippen molar-refractivity contribution in [1.29, 1.82) is 0 Å². The number of carboxylic acid groups (broad SMARTS) is 1. The molecule has 2 aromatic rings. The summed E-state index contributed by atoms with van der Waals surface area (Å²) in [4.78, 5) is 64.6. The first kappa shape index (κ1) is 31.3. The number of rotatable bonds is 11. The highest BCUT2D eigenvalue weighted by Gasteiger charge is 2.37. The number of carbonyl (C=O) groups excluding carboxylic acids is 4. The summed E-state index contributed by atoms with van der Waals surface area (Å²) in [6, 6.07) is 1.67. The van der Waals surface area contributed by atoms with Gasteiger partial charge in [-0.1, -0.05) is 36.2 Å². The first-order chi connectivity index (χ1) is 18.9. The number of tetrazole rings is 1. The molecule has 3 rings (SSSR count). The van der Waals surface area contributed by atoms with Gasteiger partial charge >= 0.3 is 5.97 Å². The van der Waals surface area contributed by atoms with Crippen molar-refractivity contribution in [3.63, 3.8) is 0 Å². The van der Waals surface area contributed by atoms with Crippen molar-refractivity contribution in [2.24, 2.45) is 5.92 Å². The number of hydrogen-bond donors (Lipinski definition) is 3. The fraction of sp³-hybridized carbons (Fsp3) is 0.500. The number of aliphatic carboxylic acids is 1. The molecule has 1 aromatic carbocycles. The summed E-state index contributed by atoms with van der Waals surface area (Å²) in [5, 5.41) is 26.7. The van der Waals surface area contributed by atoms with Crippen LogP contribution >= 0.6 is 35.0 Å². The van der Waals surface area contributed by atoms with Gasteiger partial charge in [-0.3, -0.25) is 24.0 Å². The minimum absolute atomic E-state index is 0.137. The van der Waals surface area contributed by atoms with E-state index in [1.54, 1.807) is 18.2 Å². The predicted octanol–water partition coefficient (Wildman–Crippen LogP) is 1.81. The highest BCUT2D eigenvalue weighted by atomic mass is 35.5. The van der Waals surface area contributed by atoms with Crippen molar-refractivity contribution >= 4 is 64.4 Å². The number of amides is 3. The molecule has 0 bridgehead atoms. The second-order valence-corrected chi connectivity index (χ2v) is 11.2. The first-order valence-corrected chi connectivity index (χ1v) is 14.0. The number of nitrogens with zero attached hydrogens (tertiary/aromatic N) is 5. The highest BCUT2D eigenvalue weighted by molar-refractivity contribution is 7.99. The van der Waals surface area contributed by atoms with Gasteiger partial charge < -0.3 is 20.6 Å². The van der Waals surface area contributed by atoms with Crippen LogP contribution in [0.4, 0.5) is 0 Å². The van der Waals surface area contributed by atoms with E-state index in [9.17, 15) is 29.1 Å². The molecule has 1 aliphatic rings. The fourth-order valence-electron chi connectivity index (χ4n) is 4.24. The Morgan fingerprint density at radius 2 is 1.90 bits per heavy atom. The average molecular weight is 615 g/mol. The van der Waals surface area contributed by atoms with Crippen molar-refractivity contribution in [1.82, 2.24) is 35.7 Å². The van der Waals surface area contributed by atoms with E-state index in [0.29, 0.717) is 27.8 Å². The van der Waals surface area contributed by atoms with Crippen LogP contribution in [0.5, 0.6) is 0 Å². The van der Waals surface area contributed by atoms with Gasteiger partial charge in [-0.15, -0.1) is 5.10 Å². The molecular formula is C24H29Cl2N7O6S. The Balaban J connectivity index is 1.74. The molecule has 1 aromatic heterocycles. The van der Waals surface area contributed by atoms with Crippen LogP contribution in [0.15, 0.2) is 28.3 Å². The maximum atomic E-state index is 13.2. The van der Waals surface area contributed by atoms with E-state index in [1.165, 1.54) is 18.7 Å². The molecule has 2 heterocycles. The smallest absolute Gasteiger partial charge is 0.305 e. The van der Waals surface area contributed by atoms with Crippen molar-refractivity contribution < 1.29 is 29.1 Å². The van der Waals surface area contributed by atoms with Gasteiger partial charge in [0.2, 0.25) is 22.9 Å². The lowest BCUT2D eigenvalue weighted by molar-refractivity contribution is -0.144. The van der Waals surface area contributed by atoms with Crippen molar-refractivity contribution in [3.8, 4) is 0 Å². The molecule has 3 amide bonds. The molecule has 0 radical (unpaired) electrons. The molecule has 3 N–H and O–H groups in total. The normalized spacial score (nSPS) is 18.9. The van der Waals surface area contributed by atoms with E-state index < -0.39 is 54.7 Å². The van der Waals surface area contributed by atoms with Gasteiger partial charge in [0.15, 0.2) is 5.78 Å². The Morgan fingerprint density at radius 1 is 1.23 bits per heavy atom. The van der Waals surface area contributed by atoms with E-state index in [4.69, 9.17) is 23.2 Å². The molecule has 4 atom stereocenters. The predicted molar refractivity (Wildman–Crippen MR) is 145 cm³/mol. The number of carbonyl (C=O) groups is 5. The summed E-state index contributed by atoms with van der Waals surface area (Å²) >= 11 is 13.4. The highest BCUT2D eigenvalue weighted by Crippen LogP contribution is 2.37. The average Bonchev–Trinajstić information content (AvgIpc) is 3.26. The SMILES string of the molecule is CC(=O)NC1C(=O)N(C(C)C(=O)NC(CC(=O)O)C(=O)Cn2nnnc2Sc2c(Cl)cccc2Cl)CCCC1C. The monoisotopic (exact) mass is 613 g/mol. The van der Waals surface area contributed by atoms with E-state index in [1.807, 2.05) is 6.92 Å². The molecule has 0 spiro atoms. The lowest BCUT2D eigenvalue weighted by Gasteiger charge is -2.31. The molecule has 0 aliphatic carbocycles. The molecule has 16 heteroatoms. The van der Waals surface area contributed by atoms with Crippen LogP contribution in [0.2, 0.25) is 10.0 Å². The summed E-state index contributed by atoms with van der Waals surface area (Å²) in [6.45, 7) is 4.46. The van der Waals surface area contributed by atoms with Gasteiger partial charge in [0.1, 0.15) is 18.6 Å². The van der Waals surface area contributed by atoms with E-state index in [2.05, 4.69) is 26.2 Å². The molecule has 1 fully saturated rings. The van der Waals surface area contributed by atoms with E-state index >= 15 is 0 Å². The van der Waals surface area contributed by atoms with Crippen LogP contribution < -0.4 is 10.6 Å². The second-order valence-electron chi connectivity index (χ2n) is 9.40. The van der Waals surface area contributed by atoms with Crippen molar-refractivity contribution in [3.05, 3.63) is 28.2 Å². The number of halogens is 2. The van der Waals surface area contributed by atoms with Crippen LogP contribution in [0, 0.1) is 5.92 Å². The third-order valence-corrected chi connectivity index (χ3v) is 8.36. The molecule has 1 aliphatic heterocycles. The fourth-order valence-corrected chi connectivity index (χ4v) is 5.67. The number of nitrogens with one attached hydrogen (secondary N) is 2. The molecule has 0 saturated carbocycles. The number of benzene rings is 1. The Bertz CT molecular complexity index is 1270. The lowest BCUT2D eigenvalue weighted by Crippen LogP contribution is -2.57. The number of hydrogen-bond acceptors (Lipinski definition) is 9. The summed E-state index contributed by atoms with van der Waals surface area (Å²) < 4.78 is 1.15. The van der Waals surface area contributed by atoms with Gasteiger partial charge in [0, 0.05) is 13.5 Å². The van der Waals surface area contributed by atoms with Crippen LogP contribution in [-0.4, -0.2) is 84.4 Å². The largest absolute Gasteiger partial charge is 0.481 e. The number of ketones is 1. The van der Waals surface area contributed by atoms with Gasteiger partial charge in [0.05, 0.1) is 27.4 Å². The van der Waals surface area contributed by atoms with Gasteiger partial charge in [0.25, 0.3) is 0 Å². The number of aromatic nitrogens is 4. The van der Waals surface area contributed by atoms with Crippen LogP contribution in [-0.2, 0) is 30.5 Å². The van der Waals surface area contributed by atoms with Crippen molar-refractivity contribution in [2.75, 3.05) is 6.54 Å². The summed E-state index contributed by atoms with van der Waals surface area (Å²) in [6.07, 6.45) is 0.568. The molecule has 216 valence electrons. The zero-order valence-corrected chi connectivity index (χ0v) is 24.3. The van der Waals surface area contributed by atoms with Crippen LogP contribution in [0.25, 0.3) is 0 Å². The number of likely N-dealkylation sites (tertiary alicyclic amines) is 1. The minimum Gasteiger partial charge on any atom is -0.481 e. The zero-order chi connectivity index (χ0) is 29.6. The summed E-state index contributed by atoms with van der Waals surface area (Å²) in [5.74, 6) is -3.62. The Morgan fingerprint density at radius 3 is 2.52 bits per heavy atom. The standard InChI is InChI=1S/C24H29Cl2N7O6S/c1-12-6-5-9-32(23(39)20(12)27-14(3)34)13(2)22(38)28-17(10-19(36)37)18(35)11-33-24(29-30-31-33)40-21-15(25)7-4-8-16(21)26/h4,7-8,12-13,17,20H,5-6,9-11H2,1-3H3,(H,27,34)(H,28,38)(H,36,37). The number of carboxylic acids is 1. The Kier molecular flexibility index (Phi) is 10.9. The van der Waals surface area contributed by atoms with Gasteiger partial charge in [-0.2, -0.15) is 0 Å². The second kappa shape index (κ2) is 13.9. The third kappa shape index (κ3) is 7.92. The lowest BCUT2D eigenvalue weighted by atomic mass is 9.97. The summed E-state index contributed by atoms with van der Waals surface area (Å²) in [5.41, 5.74) is 0. The third-order valence-electron chi connectivity index (χ3n) is 6.38. The van der Waals surface area contributed by atoms with Gasteiger partial charge in [-0.25, -0.2) is 4.68 Å². The number of Topliss-reactive ketones (excluding diaryl/α,β-unsaturated/α-hetero) is 1. The molecule has 40 heavy (non-hydrogen) atoms. The van der Waals surface area contributed by atoms with Crippen LogP contribution in [0.1, 0.15) is 40.0 Å². The molecule has 4 unspecified atom stereocenters. The van der Waals surface area contributed by atoms with E-state index in [0.717, 1.165) is 16.4 Å². The maximum Gasteiger partial charge on any atom is 0.305 e. The van der Waals surface area contributed by atoms with Crippen molar-refractivity contribution in [2.45, 2.75) is 74.8 Å². The van der Waals surface area contributed by atoms with Gasteiger partial charge in [-0.05, 0) is 60.0 Å². The summed E-state index contributed by atoms with van der Waals surface area (Å²) in [7, 11) is 0. The zero-order valence-electron chi connectivity index (χ0n) is 22.0. The van der Waals surface area contributed by atoms with Crippen LogP contribution in [0.3, 0.4) is 0 Å². The first-order valence-electron chi connectivity index (χ1n) is 12.4. The topological polar surface area (TPSA) is 176 Å². The van der Waals surface area contributed by atoms with E-state index in [-0.39, 0.29) is 23.5 Å². The quantitative estimate of drug-likeness (QED) is 0.338.